The van der Waals surface area contributed by atoms with Gasteiger partial charge in [0.25, 0.3) is 11.8 Å². The zero-order valence-electron chi connectivity index (χ0n) is 22.3. The molecule has 0 spiro atoms. The van der Waals surface area contributed by atoms with E-state index >= 15 is 0 Å². The molecule has 12 heteroatoms. The third-order valence-electron chi connectivity index (χ3n) is 7.96. The Balaban J connectivity index is 1.45. The predicted molar refractivity (Wildman–Crippen MR) is 144 cm³/mol. The van der Waals surface area contributed by atoms with Gasteiger partial charge in [0.1, 0.15) is 6.04 Å². The first-order valence-electron chi connectivity index (χ1n) is 13.2. The SMILES string of the molecule is CNC(=O)c1ccc(C(CCNCC(=O)N2C(C#N)C[C@@H]3C[C@@H]32)(c2ccc(C(=O)NC)cc2)c2nn[nH]n2)cc1. The summed E-state index contributed by atoms with van der Waals surface area (Å²) in [6, 6.07) is 16.5. The first-order chi connectivity index (χ1) is 19.4. The van der Waals surface area contributed by atoms with Crippen molar-refractivity contribution in [1.82, 2.24) is 41.5 Å². The lowest BCUT2D eigenvalue weighted by molar-refractivity contribution is -0.131. The maximum absolute atomic E-state index is 13.0. The van der Waals surface area contributed by atoms with Gasteiger partial charge >= 0.3 is 0 Å². The fraction of sp³-hybridized carbons (Fsp3) is 0.393. The molecule has 1 unspecified atom stereocenters. The second-order valence-corrected chi connectivity index (χ2v) is 10.1. The van der Waals surface area contributed by atoms with Gasteiger partial charge in [0.2, 0.25) is 5.91 Å². The molecule has 5 rings (SSSR count). The minimum atomic E-state index is -0.921. The molecule has 3 aromatic rings. The molecular formula is C28H31N9O3. The number of aromatic amines is 1. The highest BCUT2D eigenvalue weighted by molar-refractivity contribution is 5.94. The minimum absolute atomic E-state index is 0.0772. The van der Waals surface area contributed by atoms with Crippen LogP contribution in [0.15, 0.2) is 48.5 Å². The van der Waals surface area contributed by atoms with E-state index in [1.165, 1.54) is 0 Å². The Morgan fingerprint density at radius 1 is 1.00 bits per heavy atom. The molecule has 2 aliphatic rings. The molecule has 2 fully saturated rings. The first kappa shape index (κ1) is 27.0. The van der Waals surface area contributed by atoms with E-state index in [1.807, 2.05) is 24.3 Å². The van der Waals surface area contributed by atoms with Gasteiger partial charge in [-0.3, -0.25) is 14.4 Å². The van der Waals surface area contributed by atoms with Crippen LogP contribution in [0.2, 0.25) is 0 Å². The number of nitrogens with zero attached hydrogens (tertiary/aromatic N) is 5. The topological polar surface area (TPSA) is 169 Å². The number of rotatable bonds is 10. The molecule has 3 atom stereocenters. The average Bonchev–Trinajstić information content (AvgIpc) is 3.36. The van der Waals surface area contributed by atoms with E-state index in [0.29, 0.717) is 35.8 Å². The van der Waals surface area contributed by atoms with Crippen molar-refractivity contribution in [2.75, 3.05) is 27.2 Å². The summed E-state index contributed by atoms with van der Waals surface area (Å²) < 4.78 is 0. The largest absolute Gasteiger partial charge is 0.355 e. The molecule has 1 aliphatic carbocycles. The Morgan fingerprint density at radius 2 is 1.60 bits per heavy atom. The molecule has 0 bridgehead atoms. The monoisotopic (exact) mass is 541 g/mol. The summed E-state index contributed by atoms with van der Waals surface area (Å²) in [4.78, 5) is 39.1. The van der Waals surface area contributed by atoms with Gasteiger partial charge in [-0.1, -0.05) is 29.5 Å². The highest BCUT2D eigenvalue weighted by atomic mass is 16.2. The third kappa shape index (κ3) is 4.91. The average molecular weight is 542 g/mol. The van der Waals surface area contributed by atoms with E-state index < -0.39 is 5.41 Å². The summed E-state index contributed by atoms with van der Waals surface area (Å²) in [7, 11) is 3.15. The van der Waals surface area contributed by atoms with Crippen molar-refractivity contribution in [2.24, 2.45) is 5.92 Å². The lowest BCUT2D eigenvalue weighted by atomic mass is 9.71. The van der Waals surface area contributed by atoms with Crippen LogP contribution in [-0.2, 0) is 10.2 Å². The highest BCUT2D eigenvalue weighted by Gasteiger charge is 2.53. The van der Waals surface area contributed by atoms with Crippen LogP contribution in [0, 0.1) is 17.2 Å². The lowest BCUT2D eigenvalue weighted by Gasteiger charge is -2.33. The molecule has 2 aromatic carbocycles. The van der Waals surface area contributed by atoms with Crippen LogP contribution < -0.4 is 16.0 Å². The Hall–Kier alpha value is -4.63. The van der Waals surface area contributed by atoms with Crippen LogP contribution in [0.25, 0.3) is 0 Å². The Bertz CT molecular complexity index is 1360. The standard InChI is InChI=1S/C28H31N9O3/c1-30-25(39)17-3-7-20(8-4-17)28(27-33-35-36-34-27,21-9-5-18(6-10-21)26(40)31-2)11-12-32-16-24(38)37-22(15-29)13-19-14-23(19)37/h3-10,19,22-23,32H,11-14,16H2,1-2H3,(H,30,39)(H,31,40)(H,33,34,35,36)/t19-,22?,23+/m1/s1. The first-order valence-corrected chi connectivity index (χ1v) is 13.2. The lowest BCUT2D eigenvalue weighted by Crippen LogP contribution is -2.44. The number of nitriles is 1. The number of nitrogens with one attached hydrogen (secondary N) is 4. The zero-order chi connectivity index (χ0) is 28.3. The van der Waals surface area contributed by atoms with Crippen molar-refractivity contribution in [1.29, 1.82) is 5.26 Å². The van der Waals surface area contributed by atoms with E-state index in [0.717, 1.165) is 24.0 Å². The maximum atomic E-state index is 13.0. The van der Waals surface area contributed by atoms with Crippen LogP contribution in [0.4, 0.5) is 0 Å². The fourth-order valence-electron chi connectivity index (χ4n) is 5.76. The number of fused-ring (bicyclic) bond motifs is 1. The smallest absolute Gasteiger partial charge is 0.251 e. The number of carbonyl (C=O) groups excluding carboxylic acids is 3. The van der Waals surface area contributed by atoms with Crippen LogP contribution >= 0.6 is 0 Å². The summed E-state index contributed by atoms with van der Waals surface area (Å²) in [5, 5.41) is 33.1. The number of hydrogen-bond donors (Lipinski definition) is 4. The summed E-state index contributed by atoms with van der Waals surface area (Å²) in [6.45, 7) is 0.517. The second kappa shape index (κ2) is 11.2. The van der Waals surface area contributed by atoms with E-state index in [1.54, 1.807) is 43.3 Å². The summed E-state index contributed by atoms with van der Waals surface area (Å²) in [6.07, 6.45) is 2.17. The molecule has 2 heterocycles. The van der Waals surface area contributed by atoms with Crippen molar-refractivity contribution in [3.63, 3.8) is 0 Å². The second-order valence-electron chi connectivity index (χ2n) is 10.1. The fourth-order valence-corrected chi connectivity index (χ4v) is 5.76. The zero-order valence-corrected chi connectivity index (χ0v) is 22.3. The highest BCUT2D eigenvalue weighted by Crippen LogP contribution is 2.47. The van der Waals surface area contributed by atoms with Gasteiger partial charge < -0.3 is 20.9 Å². The quantitative estimate of drug-likeness (QED) is 0.273. The van der Waals surface area contributed by atoms with Gasteiger partial charge in [0, 0.05) is 31.3 Å². The number of likely N-dealkylation sites (tertiary alicyclic amines) is 1. The number of carbonyl (C=O) groups is 3. The maximum Gasteiger partial charge on any atom is 0.251 e. The van der Waals surface area contributed by atoms with Crippen molar-refractivity contribution in [2.45, 2.75) is 36.8 Å². The molecule has 1 aromatic heterocycles. The number of amides is 3. The third-order valence-corrected chi connectivity index (χ3v) is 7.96. The summed E-state index contributed by atoms with van der Waals surface area (Å²) in [5.41, 5.74) is 1.71. The van der Waals surface area contributed by atoms with Crippen LogP contribution in [0.1, 0.15) is 56.9 Å². The number of benzene rings is 2. The van der Waals surface area contributed by atoms with Crippen LogP contribution in [-0.4, -0.2) is 82.5 Å². The normalized spacial score (nSPS) is 19.4. The van der Waals surface area contributed by atoms with Crippen molar-refractivity contribution in [3.8, 4) is 6.07 Å². The van der Waals surface area contributed by atoms with Gasteiger partial charge in [0.05, 0.1) is 18.0 Å². The molecule has 206 valence electrons. The van der Waals surface area contributed by atoms with Gasteiger partial charge in [-0.15, -0.1) is 10.2 Å². The molecular weight excluding hydrogens is 510 g/mol. The van der Waals surface area contributed by atoms with E-state index in [4.69, 9.17) is 0 Å². The molecule has 0 radical (unpaired) electrons. The molecule has 4 N–H and O–H groups in total. The van der Waals surface area contributed by atoms with Gasteiger partial charge in [-0.05, 0) is 67.1 Å². The van der Waals surface area contributed by atoms with Gasteiger partial charge in [-0.2, -0.15) is 10.5 Å². The molecule has 40 heavy (non-hydrogen) atoms. The number of H-pyrrole nitrogens is 1. The van der Waals surface area contributed by atoms with E-state index in [9.17, 15) is 19.6 Å². The predicted octanol–water partition coefficient (Wildman–Crippen LogP) is 0.746. The van der Waals surface area contributed by atoms with E-state index in [2.05, 4.69) is 42.6 Å². The molecule has 12 nitrogen and oxygen atoms in total. The molecule has 3 amide bonds. The number of aromatic nitrogens is 4. The number of piperidine rings is 1. The van der Waals surface area contributed by atoms with Crippen molar-refractivity contribution in [3.05, 3.63) is 76.6 Å². The molecule has 1 saturated heterocycles. The minimum Gasteiger partial charge on any atom is -0.355 e. The molecule has 1 saturated carbocycles. The Labute approximate surface area is 231 Å². The summed E-state index contributed by atoms with van der Waals surface area (Å²) in [5.74, 6) is 0.372. The van der Waals surface area contributed by atoms with Crippen molar-refractivity contribution < 1.29 is 14.4 Å². The number of tetrazole rings is 1. The number of hydrogen-bond acceptors (Lipinski definition) is 8. The van der Waals surface area contributed by atoms with E-state index in [-0.39, 0.29) is 36.3 Å². The summed E-state index contributed by atoms with van der Waals surface area (Å²) >= 11 is 0. The van der Waals surface area contributed by atoms with Gasteiger partial charge in [0.15, 0.2) is 5.82 Å². The van der Waals surface area contributed by atoms with Gasteiger partial charge in [-0.25, -0.2) is 0 Å². The molecule has 1 aliphatic heterocycles. The Kier molecular flexibility index (Phi) is 7.57. The van der Waals surface area contributed by atoms with Crippen molar-refractivity contribution >= 4 is 17.7 Å². The Morgan fingerprint density at radius 3 is 2.10 bits per heavy atom. The van der Waals surface area contributed by atoms with Crippen LogP contribution in [0.5, 0.6) is 0 Å². The van der Waals surface area contributed by atoms with Crippen LogP contribution in [0.3, 0.4) is 0 Å².